The van der Waals surface area contributed by atoms with Gasteiger partial charge in [0.15, 0.2) is 11.5 Å². The Morgan fingerprint density at radius 1 is 0.544 bits per heavy atom. The van der Waals surface area contributed by atoms with Crippen LogP contribution in [0.15, 0.2) is 123 Å². The van der Waals surface area contributed by atoms with Crippen molar-refractivity contribution in [1.29, 1.82) is 0 Å². The van der Waals surface area contributed by atoms with Gasteiger partial charge < -0.3 is 37.3 Å². The summed E-state index contributed by atoms with van der Waals surface area (Å²) < 4.78 is 51.1. The largest absolute Gasteiger partial charge is 0.496 e. The van der Waals surface area contributed by atoms with Crippen LogP contribution >= 0.6 is 45.3 Å². The monoisotopic (exact) mass is 978 g/mol. The Morgan fingerprint density at radius 2 is 1.19 bits per heavy atom. The van der Waals surface area contributed by atoms with Gasteiger partial charge in [0.25, 0.3) is 10.4 Å². The van der Waals surface area contributed by atoms with Crippen molar-refractivity contribution in [3.63, 3.8) is 0 Å². The highest BCUT2D eigenvalue weighted by atomic mass is 32.1. The molecule has 0 bridgehead atoms. The highest BCUT2D eigenvalue weighted by Gasteiger charge is 2.20. The molecule has 4 aromatic carbocycles. The summed E-state index contributed by atoms with van der Waals surface area (Å²) in [7, 11) is 4.80. The van der Waals surface area contributed by atoms with Gasteiger partial charge in [0.05, 0.1) is 55.9 Å². The van der Waals surface area contributed by atoms with Crippen molar-refractivity contribution >= 4 is 77.2 Å². The van der Waals surface area contributed by atoms with E-state index in [0.29, 0.717) is 90.6 Å². The zero-order chi connectivity index (χ0) is 45.7. The van der Waals surface area contributed by atoms with Crippen LogP contribution in [0.2, 0.25) is 0 Å². The molecule has 12 aromatic rings. The van der Waals surface area contributed by atoms with Crippen LogP contribution in [-0.4, -0.2) is 60.5 Å². The predicted octanol–water partition coefficient (Wildman–Crippen LogP) is 11.7. The van der Waals surface area contributed by atoms with Crippen molar-refractivity contribution in [3.05, 3.63) is 130 Å². The number of furan rings is 2. The van der Waals surface area contributed by atoms with E-state index in [1.54, 1.807) is 59.2 Å². The van der Waals surface area contributed by atoms with Crippen molar-refractivity contribution < 1.29 is 37.3 Å². The molecule has 8 heterocycles. The molecule has 0 aliphatic rings. The lowest BCUT2D eigenvalue weighted by atomic mass is 10.1. The SMILES string of the molecule is COc1cc(OCc2csc(-c3cccc(COc4nn5cc(-c6cc7c(OCc8nc(-c9ccccc9)cs8)cc(OC)cc7o6)nc5s4)c3)n2)c2cc(-c3cn4nc(OC)sc4n3)oc2c1. The highest BCUT2D eigenvalue weighted by Crippen LogP contribution is 2.40. The van der Waals surface area contributed by atoms with Crippen LogP contribution in [0.25, 0.3) is 76.6 Å². The minimum atomic E-state index is 0.241. The zero-order valence-corrected chi connectivity index (χ0v) is 39.3. The van der Waals surface area contributed by atoms with Crippen LogP contribution in [-0.2, 0) is 19.8 Å². The number of aromatic nitrogens is 8. The van der Waals surface area contributed by atoms with Crippen LogP contribution in [0.1, 0.15) is 16.3 Å². The zero-order valence-electron chi connectivity index (χ0n) is 36.1. The van der Waals surface area contributed by atoms with E-state index < -0.39 is 0 Å². The number of methoxy groups -OCH3 is 3. The normalized spacial score (nSPS) is 11.6. The average Bonchev–Trinajstić information content (AvgIpc) is 4.22. The fraction of sp³-hybridized carbons (Fsp3) is 0.125. The first-order valence-electron chi connectivity index (χ1n) is 20.8. The number of fused-ring (bicyclic) bond motifs is 4. The number of imidazole rings is 2. The van der Waals surface area contributed by atoms with Crippen molar-refractivity contribution in [3.8, 4) is 78.1 Å². The quantitative estimate of drug-likeness (QED) is 0.0896. The van der Waals surface area contributed by atoms with E-state index >= 15 is 0 Å². The lowest BCUT2D eigenvalue weighted by molar-refractivity contribution is 0.301. The maximum absolute atomic E-state index is 6.35. The molecule has 0 fully saturated rings. The van der Waals surface area contributed by atoms with E-state index in [9.17, 15) is 0 Å². The maximum atomic E-state index is 6.35. The van der Waals surface area contributed by atoms with Gasteiger partial charge in [-0.15, -0.1) is 32.9 Å². The Morgan fingerprint density at radius 3 is 1.85 bits per heavy atom. The second kappa shape index (κ2) is 17.5. The molecule has 68 heavy (non-hydrogen) atoms. The van der Waals surface area contributed by atoms with Gasteiger partial charge >= 0.3 is 0 Å². The summed E-state index contributed by atoms with van der Waals surface area (Å²) in [5, 5.41) is 17.4. The highest BCUT2D eigenvalue weighted by molar-refractivity contribution is 7.18. The molecule has 0 aliphatic heterocycles. The van der Waals surface area contributed by atoms with Gasteiger partial charge in [-0.2, -0.15) is 0 Å². The van der Waals surface area contributed by atoms with Crippen molar-refractivity contribution in [2.75, 3.05) is 21.3 Å². The molecule has 0 saturated carbocycles. The minimum Gasteiger partial charge on any atom is -0.496 e. The summed E-state index contributed by atoms with van der Waals surface area (Å²) in [4.78, 5) is 20.5. The minimum absolute atomic E-state index is 0.241. The first-order chi connectivity index (χ1) is 33.4. The van der Waals surface area contributed by atoms with Crippen LogP contribution in [0.4, 0.5) is 0 Å². The molecule has 0 saturated heterocycles. The fourth-order valence-corrected chi connectivity index (χ4v) is 10.4. The van der Waals surface area contributed by atoms with E-state index in [0.717, 1.165) is 48.9 Å². The van der Waals surface area contributed by atoms with Crippen molar-refractivity contribution in [1.82, 2.24) is 39.2 Å². The molecule has 0 amide bonds. The third kappa shape index (κ3) is 8.12. The van der Waals surface area contributed by atoms with Gasteiger partial charge in [-0.25, -0.2) is 29.0 Å². The van der Waals surface area contributed by atoms with Crippen molar-refractivity contribution in [2.24, 2.45) is 0 Å². The Bertz CT molecular complexity index is 3700. The van der Waals surface area contributed by atoms with Crippen LogP contribution < -0.4 is 28.4 Å². The summed E-state index contributed by atoms with van der Waals surface area (Å²) in [6.07, 6.45) is 3.62. The molecular formula is C48H34N8O8S4. The van der Waals surface area contributed by atoms with Gasteiger partial charge in [-0.3, -0.25) is 0 Å². The molecule has 0 atom stereocenters. The Labute approximate surface area is 401 Å². The van der Waals surface area contributed by atoms with E-state index in [-0.39, 0.29) is 6.61 Å². The standard InChI is InChI=1S/C48H34N8O8S4/c1-57-30-13-37(32-17-41(63-39(32)15-30)34-19-55-45(51-34)67-47(53-55)59-3)60-22-29-24-66-44(49-29)28-11-7-8-26(12-28)21-62-48-54-56-20-35(52-46(56)68-48)42-18-33-38(14-31(58-2)16-40(33)64-42)61-23-43-50-36(25-65-43)27-9-5-4-6-10-27/h4-20,24-25H,21-23H2,1-3H3. The molecule has 0 spiro atoms. The molecule has 338 valence electrons. The van der Waals surface area contributed by atoms with E-state index in [4.69, 9.17) is 52.2 Å². The third-order valence-corrected chi connectivity index (χ3v) is 14.3. The molecule has 12 rings (SSSR count). The maximum Gasteiger partial charge on any atom is 0.294 e. The van der Waals surface area contributed by atoms with E-state index in [1.807, 2.05) is 102 Å². The average molecular weight is 979 g/mol. The summed E-state index contributed by atoms with van der Waals surface area (Å²) in [5.41, 5.74) is 7.19. The lowest BCUT2D eigenvalue weighted by Gasteiger charge is -2.08. The smallest absolute Gasteiger partial charge is 0.294 e. The van der Waals surface area contributed by atoms with Crippen LogP contribution in [0.5, 0.6) is 33.4 Å². The summed E-state index contributed by atoms with van der Waals surface area (Å²) >= 11 is 5.79. The van der Waals surface area contributed by atoms with Crippen LogP contribution in [0, 0.1) is 0 Å². The lowest BCUT2D eigenvalue weighted by Crippen LogP contribution is -1.97. The van der Waals surface area contributed by atoms with E-state index in [2.05, 4.69) is 21.2 Å². The van der Waals surface area contributed by atoms with E-state index in [1.165, 1.54) is 22.7 Å². The van der Waals surface area contributed by atoms with Gasteiger partial charge in [0.1, 0.15) is 75.4 Å². The van der Waals surface area contributed by atoms with Crippen molar-refractivity contribution in [2.45, 2.75) is 19.8 Å². The topological polar surface area (TPSA) is 168 Å². The number of rotatable bonds is 16. The van der Waals surface area contributed by atoms with Gasteiger partial charge in [-0.1, -0.05) is 48.5 Å². The molecule has 0 unspecified atom stereocenters. The second-order valence-electron chi connectivity index (χ2n) is 15.1. The second-order valence-corrected chi connectivity index (χ2v) is 18.8. The summed E-state index contributed by atoms with van der Waals surface area (Å²) in [6, 6.07) is 29.4. The molecular weight excluding hydrogens is 945 g/mol. The Kier molecular flexibility index (Phi) is 10.7. The number of nitrogens with zero attached hydrogens (tertiary/aromatic N) is 8. The molecule has 16 nitrogen and oxygen atoms in total. The summed E-state index contributed by atoms with van der Waals surface area (Å²) in [5.74, 6) is 3.60. The number of hydrogen-bond donors (Lipinski definition) is 0. The molecule has 0 N–H and O–H groups in total. The number of ether oxygens (including phenoxy) is 6. The Hall–Kier alpha value is -7.78. The molecule has 0 radical (unpaired) electrons. The first-order valence-corrected chi connectivity index (χ1v) is 24.2. The third-order valence-electron chi connectivity index (χ3n) is 10.8. The predicted molar refractivity (Wildman–Crippen MR) is 260 cm³/mol. The Balaban J connectivity index is 0.698. The number of thiazole rings is 2. The number of hydrogen-bond acceptors (Lipinski definition) is 18. The fourth-order valence-electron chi connectivity index (χ4n) is 7.49. The molecule has 8 aromatic heterocycles. The van der Waals surface area contributed by atoms with Crippen LogP contribution in [0.3, 0.4) is 0 Å². The first kappa shape index (κ1) is 41.6. The van der Waals surface area contributed by atoms with Gasteiger partial charge in [-0.05, 0) is 46.4 Å². The number of benzene rings is 4. The van der Waals surface area contributed by atoms with Gasteiger partial charge in [0.2, 0.25) is 9.92 Å². The van der Waals surface area contributed by atoms with Gasteiger partial charge in [0, 0.05) is 46.2 Å². The summed E-state index contributed by atoms with van der Waals surface area (Å²) in [6.45, 7) is 0.846. The molecule has 20 heteroatoms. The molecule has 0 aliphatic carbocycles.